The molecule has 1 aliphatic carbocycles. The molecule has 0 aromatic heterocycles. The molecule has 1 amide bonds. The Kier molecular flexibility index (Phi) is 5.31. The van der Waals surface area contributed by atoms with Gasteiger partial charge >= 0.3 is 0 Å². The molecule has 0 atom stereocenters. The van der Waals surface area contributed by atoms with Crippen molar-refractivity contribution in [2.75, 3.05) is 18.6 Å². The SMILES string of the molecule is CCOC1CC(CC(=O)N(C)c2ccccc2C(N)=S)C1. The van der Waals surface area contributed by atoms with Gasteiger partial charge in [-0.05, 0) is 37.8 Å². The van der Waals surface area contributed by atoms with Gasteiger partial charge in [-0.3, -0.25) is 4.79 Å². The van der Waals surface area contributed by atoms with Crippen LogP contribution in [0.15, 0.2) is 24.3 Å². The minimum absolute atomic E-state index is 0.0960. The highest BCUT2D eigenvalue weighted by Crippen LogP contribution is 2.33. The second-order valence-electron chi connectivity index (χ2n) is 5.45. The number of hydrogen-bond acceptors (Lipinski definition) is 3. The predicted octanol–water partition coefficient (Wildman–Crippen LogP) is 2.49. The average Bonchev–Trinajstić information content (AvgIpc) is 2.44. The minimum Gasteiger partial charge on any atom is -0.389 e. The summed E-state index contributed by atoms with van der Waals surface area (Å²) in [4.78, 5) is 14.4. The number of para-hydroxylation sites is 1. The Morgan fingerprint density at radius 3 is 2.71 bits per heavy atom. The molecular weight excluding hydrogens is 284 g/mol. The van der Waals surface area contributed by atoms with Gasteiger partial charge in [0.25, 0.3) is 0 Å². The lowest BCUT2D eigenvalue weighted by molar-refractivity contribution is -0.121. The zero-order chi connectivity index (χ0) is 15.4. The lowest BCUT2D eigenvalue weighted by atomic mass is 9.79. The number of benzene rings is 1. The fourth-order valence-electron chi connectivity index (χ4n) is 2.71. The maximum Gasteiger partial charge on any atom is 0.227 e. The van der Waals surface area contributed by atoms with E-state index in [4.69, 9.17) is 22.7 Å². The fraction of sp³-hybridized carbons (Fsp3) is 0.500. The van der Waals surface area contributed by atoms with Crippen molar-refractivity contribution in [1.82, 2.24) is 0 Å². The smallest absolute Gasteiger partial charge is 0.227 e. The first-order valence-electron chi connectivity index (χ1n) is 7.29. The second-order valence-corrected chi connectivity index (χ2v) is 5.89. The van der Waals surface area contributed by atoms with Gasteiger partial charge < -0.3 is 15.4 Å². The third-order valence-corrected chi connectivity index (χ3v) is 4.18. The van der Waals surface area contributed by atoms with Crippen LogP contribution in [0.25, 0.3) is 0 Å². The fourth-order valence-corrected chi connectivity index (χ4v) is 2.88. The Morgan fingerprint density at radius 2 is 2.10 bits per heavy atom. The monoisotopic (exact) mass is 306 g/mol. The molecule has 0 spiro atoms. The zero-order valence-electron chi connectivity index (χ0n) is 12.5. The number of carbonyl (C=O) groups excluding carboxylic acids is 1. The van der Waals surface area contributed by atoms with E-state index >= 15 is 0 Å². The Labute approximate surface area is 131 Å². The molecule has 1 saturated carbocycles. The first kappa shape index (κ1) is 15.9. The van der Waals surface area contributed by atoms with E-state index in [1.807, 2.05) is 31.2 Å². The van der Waals surface area contributed by atoms with Crippen LogP contribution in [0, 0.1) is 5.92 Å². The van der Waals surface area contributed by atoms with E-state index in [1.54, 1.807) is 11.9 Å². The molecular formula is C16H22N2O2S. The number of nitrogens with zero attached hydrogens (tertiary/aromatic N) is 1. The third kappa shape index (κ3) is 3.80. The van der Waals surface area contributed by atoms with Gasteiger partial charge in [-0.15, -0.1) is 0 Å². The van der Waals surface area contributed by atoms with Gasteiger partial charge in [-0.25, -0.2) is 0 Å². The van der Waals surface area contributed by atoms with Gasteiger partial charge in [0.15, 0.2) is 0 Å². The third-order valence-electron chi connectivity index (χ3n) is 3.96. The molecule has 1 fully saturated rings. The number of rotatable bonds is 6. The molecule has 4 nitrogen and oxygen atoms in total. The van der Waals surface area contributed by atoms with Crippen LogP contribution in [0.2, 0.25) is 0 Å². The Morgan fingerprint density at radius 1 is 1.43 bits per heavy atom. The number of amides is 1. The van der Waals surface area contributed by atoms with E-state index in [0.717, 1.165) is 30.7 Å². The quantitative estimate of drug-likeness (QED) is 0.820. The Hall–Kier alpha value is -1.46. The van der Waals surface area contributed by atoms with E-state index in [0.29, 0.717) is 23.4 Å². The molecule has 1 aromatic rings. The molecule has 1 aromatic carbocycles. The van der Waals surface area contributed by atoms with Crippen molar-refractivity contribution in [3.8, 4) is 0 Å². The topological polar surface area (TPSA) is 55.6 Å². The van der Waals surface area contributed by atoms with Crippen molar-refractivity contribution in [1.29, 1.82) is 0 Å². The molecule has 0 heterocycles. The first-order valence-corrected chi connectivity index (χ1v) is 7.70. The van der Waals surface area contributed by atoms with E-state index in [1.165, 1.54) is 0 Å². The predicted molar refractivity (Wildman–Crippen MR) is 88.5 cm³/mol. The van der Waals surface area contributed by atoms with E-state index in [2.05, 4.69) is 0 Å². The number of thiocarbonyl (C=S) groups is 1. The molecule has 0 bridgehead atoms. The summed E-state index contributed by atoms with van der Waals surface area (Å²) in [6, 6.07) is 7.47. The maximum absolute atomic E-state index is 12.4. The van der Waals surface area contributed by atoms with Gasteiger partial charge in [-0.1, -0.05) is 24.4 Å². The van der Waals surface area contributed by atoms with E-state index in [9.17, 15) is 4.79 Å². The number of carbonyl (C=O) groups is 1. The van der Waals surface area contributed by atoms with Crippen LogP contribution in [-0.4, -0.2) is 30.7 Å². The van der Waals surface area contributed by atoms with Gasteiger partial charge in [0.2, 0.25) is 5.91 Å². The summed E-state index contributed by atoms with van der Waals surface area (Å²) in [5.41, 5.74) is 7.23. The van der Waals surface area contributed by atoms with Crippen molar-refractivity contribution < 1.29 is 9.53 Å². The average molecular weight is 306 g/mol. The summed E-state index contributed by atoms with van der Waals surface area (Å²) in [7, 11) is 1.78. The molecule has 0 saturated heterocycles. The molecule has 0 radical (unpaired) electrons. The molecule has 5 heteroatoms. The lowest BCUT2D eigenvalue weighted by Crippen LogP contribution is -2.37. The van der Waals surface area contributed by atoms with Crippen LogP contribution in [-0.2, 0) is 9.53 Å². The van der Waals surface area contributed by atoms with Crippen LogP contribution < -0.4 is 10.6 Å². The first-order chi connectivity index (χ1) is 10.0. The summed E-state index contributed by atoms with van der Waals surface area (Å²) in [5, 5.41) is 0. The van der Waals surface area contributed by atoms with Gasteiger partial charge in [0, 0.05) is 25.6 Å². The van der Waals surface area contributed by atoms with Crippen molar-refractivity contribution in [2.24, 2.45) is 11.7 Å². The van der Waals surface area contributed by atoms with Gasteiger partial charge in [-0.2, -0.15) is 0 Å². The Bertz CT molecular complexity index is 527. The maximum atomic E-state index is 12.4. The standard InChI is InChI=1S/C16H22N2O2S/c1-3-20-12-8-11(9-12)10-15(19)18(2)14-7-5-4-6-13(14)16(17)21/h4-7,11-12H,3,8-10H2,1-2H3,(H2,17,21). The molecule has 0 aliphatic heterocycles. The van der Waals surface area contributed by atoms with Crippen LogP contribution in [0.1, 0.15) is 31.7 Å². The number of anilines is 1. The number of ether oxygens (including phenoxy) is 1. The number of nitrogens with two attached hydrogens (primary N) is 1. The van der Waals surface area contributed by atoms with Gasteiger partial charge in [0.05, 0.1) is 11.8 Å². The molecule has 2 rings (SSSR count). The minimum atomic E-state index is 0.0960. The highest BCUT2D eigenvalue weighted by atomic mass is 32.1. The van der Waals surface area contributed by atoms with E-state index < -0.39 is 0 Å². The van der Waals surface area contributed by atoms with Crippen molar-refractivity contribution >= 4 is 28.8 Å². The Balaban J connectivity index is 1.96. The lowest BCUT2D eigenvalue weighted by Gasteiger charge is -2.35. The molecule has 2 N–H and O–H groups in total. The molecule has 0 unspecified atom stereocenters. The van der Waals surface area contributed by atoms with E-state index in [-0.39, 0.29) is 5.91 Å². The molecule has 114 valence electrons. The summed E-state index contributed by atoms with van der Waals surface area (Å²) in [6.07, 6.45) is 2.84. The van der Waals surface area contributed by atoms with Crippen molar-refractivity contribution in [3.63, 3.8) is 0 Å². The van der Waals surface area contributed by atoms with Crippen LogP contribution in [0.4, 0.5) is 5.69 Å². The summed E-state index contributed by atoms with van der Waals surface area (Å²) >= 11 is 5.04. The van der Waals surface area contributed by atoms with Crippen molar-refractivity contribution in [2.45, 2.75) is 32.3 Å². The highest BCUT2D eigenvalue weighted by Gasteiger charge is 2.32. The van der Waals surface area contributed by atoms with Crippen LogP contribution in [0.5, 0.6) is 0 Å². The normalized spacial score (nSPS) is 20.7. The largest absolute Gasteiger partial charge is 0.389 e. The number of hydrogen-bond donors (Lipinski definition) is 1. The zero-order valence-corrected chi connectivity index (χ0v) is 13.4. The van der Waals surface area contributed by atoms with Crippen LogP contribution in [0.3, 0.4) is 0 Å². The summed E-state index contributed by atoms with van der Waals surface area (Å²) in [6.45, 7) is 2.74. The summed E-state index contributed by atoms with van der Waals surface area (Å²) < 4.78 is 5.53. The van der Waals surface area contributed by atoms with Crippen LogP contribution >= 0.6 is 12.2 Å². The second kappa shape index (κ2) is 7.00. The molecule has 1 aliphatic rings. The molecule has 21 heavy (non-hydrogen) atoms. The highest BCUT2D eigenvalue weighted by molar-refractivity contribution is 7.80. The summed E-state index contributed by atoms with van der Waals surface area (Å²) in [5.74, 6) is 0.520. The van der Waals surface area contributed by atoms with Gasteiger partial charge in [0.1, 0.15) is 4.99 Å². The van der Waals surface area contributed by atoms with Crippen molar-refractivity contribution in [3.05, 3.63) is 29.8 Å².